The first-order valence-corrected chi connectivity index (χ1v) is 6.89. The minimum Gasteiger partial charge on any atom is -0.508 e. The van der Waals surface area contributed by atoms with E-state index >= 15 is 0 Å². The van der Waals surface area contributed by atoms with Gasteiger partial charge in [-0.3, -0.25) is 4.99 Å². The highest BCUT2D eigenvalue weighted by Gasteiger charge is 2.15. The van der Waals surface area contributed by atoms with E-state index in [2.05, 4.69) is 4.99 Å². The lowest BCUT2D eigenvalue weighted by molar-refractivity contribution is 0.154. The number of aliphatic hydroxyl groups excluding tert-OH is 1. The van der Waals surface area contributed by atoms with Gasteiger partial charge in [-0.05, 0) is 36.8 Å². The number of methoxy groups -OCH3 is 1. The lowest BCUT2D eigenvalue weighted by Gasteiger charge is -2.15. The Morgan fingerprint density at radius 1 is 1.09 bits per heavy atom. The Morgan fingerprint density at radius 2 is 1.77 bits per heavy atom. The van der Waals surface area contributed by atoms with Gasteiger partial charge in [-0.1, -0.05) is 18.2 Å². The molecule has 0 heterocycles. The number of phenols is 2. The zero-order valence-corrected chi connectivity index (χ0v) is 12.5. The average Bonchev–Trinajstić information content (AvgIpc) is 2.53. The number of aliphatic hydroxyl groups is 1. The van der Waals surface area contributed by atoms with E-state index in [1.165, 1.54) is 25.5 Å². The highest BCUT2D eigenvalue weighted by molar-refractivity contribution is 5.84. The summed E-state index contributed by atoms with van der Waals surface area (Å²) < 4.78 is 5.04. The number of aromatic hydroxyl groups is 2. The van der Waals surface area contributed by atoms with Crippen LogP contribution in [0.25, 0.3) is 0 Å². The molecule has 5 heteroatoms. The molecule has 116 valence electrons. The quantitative estimate of drug-likeness (QED) is 0.741. The highest BCUT2D eigenvalue weighted by atomic mass is 16.5. The van der Waals surface area contributed by atoms with E-state index in [9.17, 15) is 15.3 Å². The van der Waals surface area contributed by atoms with Gasteiger partial charge in [-0.25, -0.2) is 0 Å². The van der Waals surface area contributed by atoms with Crippen molar-refractivity contribution in [1.82, 2.24) is 0 Å². The Hall–Kier alpha value is -2.53. The molecule has 0 aliphatic rings. The first-order chi connectivity index (χ1) is 10.5. The van der Waals surface area contributed by atoms with E-state index in [0.29, 0.717) is 16.9 Å². The predicted molar refractivity (Wildman–Crippen MR) is 84.8 cm³/mol. The molecule has 0 radical (unpaired) electrons. The SMILES string of the molecule is COc1cccc(C=N[C@@H](C)[C@H](O)c2ccc(O)cc2)c1O. The number of nitrogens with zero attached hydrogens (tertiary/aromatic N) is 1. The summed E-state index contributed by atoms with van der Waals surface area (Å²) in [5.41, 5.74) is 1.18. The maximum Gasteiger partial charge on any atom is 0.166 e. The van der Waals surface area contributed by atoms with Gasteiger partial charge in [0.1, 0.15) is 11.9 Å². The Balaban J connectivity index is 2.14. The highest BCUT2D eigenvalue weighted by Crippen LogP contribution is 2.28. The largest absolute Gasteiger partial charge is 0.508 e. The molecular formula is C17H19NO4. The molecule has 3 N–H and O–H groups in total. The van der Waals surface area contributed by atoms with Gasteiger partial charge in [0, 0.05) is 11.8 Å². The second kappa shape index (κ2) is 6.95. The molecule has 0 saturated heterocycles. The van der Waals surface area contributed by atoms with Crippen molar-refractivity contribution >= 4 is 6.21 Å². The van der Waals surface area contributed by atoms with Crippen LogP contribution in [0.1, 0.15) is 24.2 Å². The predicted octanol–water partition coefficient (Wildman–Crippen LogP) is 2.65. The van der Waals surface area contributed by atoms with Crippen molar-refractivity contribution in [1.29, 1.82) is 0 Å². The first-order valence-electron chi connectivity index (χ1n) is 6.89. The van der Waals surface area contributed by atoms with Crippen molar-refractivity contribution in [2.75, 3.05) is 7.11 Å². The van der Waals surface area contributed by atoms with Crippen LogP contribution in [0.2, 0.25) is 0 Å². The fourth-order valence-corrected chi connectivity index (χ4v) is 2.04. The topological polar surface area (TPSA) is 82.3 Å². The molecule has 0 spiro atoms. The van der Waals surface area contributed by atoms with Crippen LogP contribution in [-0.4, -0.2) is 34.7 Å². The van der Waals surface area contributed by atoms with E-state index in [1.54, 1.807) is 37.3 Å². The molecule has 0 bridgehead atoms. The van der Waals surface area contributed by atoms with Gasteiger partial charge in [0.2, 0.25) is 0 Å². The number of rotatable bonds is 5. The van der Waals surface area contributed by atoms with Gasteiger partial charge in [0.15, 0.2) is 11.5 Å². The molecule has 2 rings (SSSR count). The van der Waals surface area contributed by atoms with Crippen molar-refractivity contribution < 1.29 is 20.1 Å². The smallest absolute Gasteiger partial charge is 0.166 e. The van der Waals surface area contributed by atoms with E-state index in [4.69, 9.17) is 4.74 Å². The first kappa shape index (κ1) is 15.9. The summed E-state index contributed by atoms with van der Waals surface area (Å²) in [4.78, 5) is 4.28. The zero-order valence-electron chi connectivity index (χ0n) is 12.5. The lowest BCUT2D eigenvalue weighted by Crippen LogP contribution is -2.12. The third-order valence-corrected chi connectivity index (χ3v) is 3.39. The lowest BCUT2D eigenvalue weighted by atomic mass is 10.0. The van der Waals surface area contributed by atoms with Crippen molar-refractivity contribution in [3.05, 3.63) is 53.6 Å². The molecule has 0 unspecified atom stereocenters. The number of phenolic OH excluding ortho intramolecular Hbond substituents is 2. The molecule has 0 saturated carbocycles. The minimum atomic E-state index is -0.801. The molecule has 22 heavy (non-hydrogen) atoms. The van der Waals surface area contributed by atoms with Crippen LogP contribution in [-0.2, 0) is 0 Å². The van der Waals surface area contributed by atoms with Crippen molar-refractivity contribution in [2.45, 2.75) is 19.1 Å². The molecular weight excluding hydrogens is 282 g/mol. The number of hydrogen-bond donors (Lipinski definition) is 3. The Labute approximate surface area is 129 Å². The fourth-order valence-electron chi connectivity index (χ4n) is 2.04. The number of benzene rings is 2. The molecule has 0 aliphatic carbocycles. The monoisotopic (exact) mass is 301 g/mol. The van der Waals surface area contributed by atoms with Crippen LogP contribution < -0.4 is 4.74 Å². The summed E-state index contributed by atoms with van der Waals surface area (Å²) in [5.74, 6) is 0.532. The Morgan fingerprint density at radius 3 is 2.41 bits per heavy atom. The summed E-state index contributed by atoms with van der Waals surface area (Å²) in [6.45, 7) is 1.77. The van der Waals surface area contributed by atoms with Gasteiger partial charge >= 0.3 is 0 Å². The molecule has 2 aromatic carbocycles. The third kappa shape index (κ3) is 3.56. The van der Waals surface area contributed by atoms with Crippen molar-refractivity contribution in [2.24, 2.45) is 4.99 Å². The van der Waals surface area contributed by atoms with Crippen molar-refractivity contribution in [3.63, 3.8) is 0 Å². The zero-order chi connectivity index (χ0) is 16.1. The molecule has 5 nitrogen and oxygen atoms in total. The van der Waals surface area contributed by atoms with E-state index in [-0.39, 0.29) is 11.5 Å². The van der Waals surface area contributed by atoms with Crippen LogP contribution in [0, 0.1) is 0 Å². The Kier molecular flexibility index (Phi) is 5.01. The van der Waals surface area contributed by atoms with Gasteiger partial charge in [0.25, 0.3) is 0 Å². The van der Waals surface area contributed by atoms with Gasteiger partial charge < -0.3 is 20.1 Å². The van der Waals surface area contributed by atoms with Crippen LogP contribution in [0.4, 0.5) is 0 Å². The molecule has 0 fully saturated rings. The average molecular weight is 301 g/mol. The fraction of sp³-hybridized carbons (Fsp3) is 0.235. The molecule has 0 aromatic heterocycles. The normalized spacial score (nSPS) is 14.0. The van der Waals surface area contributed by atoms with Crippen LogP contribution in [0.3, 0.4) is 0 Å². The summed E-state index contributed by atoms with van der Waals surface area (Å²) >= 11 is 0. The minimum absolute atomic E-state index is 0.0140. The second-order valence-corrected chi connectivity index (χ2v) is 4.95. The maximum absolute atomic E-state index is 10.2. The Bertz CT molecular complexity index is 652. The summed E-state index contributed by atoms with van der Waals surface area (Å²) in [5, 5.41) is 29.5. The van der Waals surface area contributed by atoms with E-state index < -0.39 is 12.1 Å². The molecule has 0 amide bonds. The van der Waals surface area contributed by atoms with E-state index in [1.807, 2.05) is 0 Å². The van der Waals surface area contributed by atoms with E-state index in [0.717, 1.165) is 0 Å². The molecule has 2 atom stereocenters. The summed E-state index contributed by atoms with van der Waals surface area (Å²) in [6, 6.07) is 11.0. The van der Waals surface area contributed by atoms with Gasteiger partial charge in [-0.15, -0.1) is 0 Å². The number of ether oxygens (including phenoxy) is 1. The summed E-state index contributed by atoms with van der Waals surface area (Å²) in [6.07, 6.45) is 0.705. The van der Waals surface area contributed by atoms with Gasteiger partial charge in [-0.2, -0.15) is 0 Å². The van der Waals surface area contributed by atoms with Crippen LogP contribution in [0.15, 0.2) is 47.5 Å². The maximum atomic E-state index is 10.2. The third-order valence-electron chi connectivity index (χ3n) is 3.39. The van der Waals surface area contributed by atoms with Gasteiger partial charge in [0.05, 0.1) is 13.2 Å². The number of para-hydroxylation sites is 1. The van der Waals surface area contributed by atoms with Crippen LogP contribution >= 0.6 is 0 Å². The summed E-state index contributed by atoms with van der Waals surface area (Å²) in [7, 11) is 1.48. The number of hydrogen-bond acceptors (Lipinski definition) is 5. The number of aliphatic imine (C=N–C) groups is 1. The standard InChI is InChI=1S/C17H19NO4/c1-11(16(20)12-6-8-14(19)9-7-12)18-10-13-4-3-5-15(22-2)17(13)21/h3-11,16,19-21H,1-2H3/t11-,16-/m0/s1. The molecule has 0 aliphatic heterocycles. The van der Waals surface area contributed by atoms with Crippen LogP contribution in [0.5, 0.6) is 17.2 Å². The molecule has 2 aromatic rings. The van der Waals surface area contributed by atoms with Crippen molar-refractivity contribution in [3.8, 4) is 17.2 Å². The second-order valence-electron chi connectivity index (χ2n) is 4.95.